The summed E-state index contributed by atoms with van der Waals surface area (Å²) >= 11 is 0. The molecule has 2 aromatic carbocycles. The van der Waals surface area contributed by atoms with E-state index in [1.807, 2.05) is 73.8 Å². The molecule has 0 radical (unpaired) electrons. The van der Waals surface area contributed by atoms with Crippen molar-refractivity contribution in [2.75, 3.05) is 5.32 Å². The Balaban J connectivity index is 1.83. The van der Waals surface area contributed by atoms with E-state index in [1.165, 1.54) is 0 Å². The number of nitrogens with one attached hydrogen (secondary N) is 1. The zero-order valence-electron chi connectivity index (χ0n) is 12.5. The molecule has 0 bridgehead atoms. The molecule has 1 atom stereocenters. The molecule has 3 heteroatoms. The van der Waals surface area contributed by atoms with Gasteiger partial charge in [0.25, 0.3) is 0 Å². The van der Waals surface area contributed by atoms with E-state index in [-0.39, 0.29) is 6.04 Å². The SMILES string of the molecule is Cc1cc([C@H](N)c2ccccc2)cnc1Nc1ccccc1. The van der Waals surface area contributed by atoms with Gasteiger partial charge in [-0.15, -0.1) is 0 Å². The van der Waals surface area contributed by atoms with Gasteiger partial charge in [-0.1, -0.05) is 48.5 Å². The second kappa shape index (κ2) is 6.41. The number of benzene rings is 2. The molecule has 0 aliphatic carbocycles. The number of pyridine rings is 1. The van der Waals surface area contributed by atoms with E-state index in [4.69, 9.17) is 5.73 Å². The number of rotatable bonds is 4. The summed E-state index contributed by atoms with van der Waals surface area (Å²) in [6.45, 7) is 2.04. The van der Waals surface area contributed by atoms with Crippen LogP contribution in [0.15, 0.2) is 72.9 Å². The number of para-hydroxylation sites is 1. The summed E-state index contributed by atoms with van der Waals surface area (Å²) in [5.41, 5.74) is 10.5. The number of hydrogen-bond acceptors (Lipinski definition) is 3. The normalized spacial score (nSPS) is 11.9. The first-order chi connectivity index (χ1) is 10.7. The van der Waals surface area contributed by atoms with E-state index in [2.05, 4.69) is 16.4 Å². The zero-order chi connectivity index (χ0) is 15.4. The van der Waals surface area contributed by atoms with Crippen LogP contribution in [0.5, 0.6) is 0 Å². The molecule has 3 nitrogen and oxygen atoms in total. The molecule has 0 amide bonds. The van der Waals surface area contributed by atoms with Crippen LogP contribution in [-0.2, 0) is 0 Å². The minimum atomic E-state index is -0.154. The predicted octanol–water partition coefficient (Wildman–Crippen LogP) is 4.18. The summed E-state index contributed by atoms with van der Waals surface area (Å²) in [6, 6.07) is 22.0. The van der Waals surface area contributed by atoms with Gasteiger partial charge in [-0.25, -0.2) is 4.98 Å². The van der Waals surface area contributed by atoms with Crippen LogP contribution >= 0.6 is 0 Å². The smallest absolute Gasteiger partial charge is 0.133 e. The van der Waals surface area contributed by atoms with Gasteiger partial charge in [0.15, 0.2) is 0 Å². The Morgan fingerprint density at radius 1 is 0.909 bits per heavy atom. The molecule has 22 heavy (non-hydrogen) atoms. The van der Waals surface area contributed by atoms with E-state index in [0.717, 1.165) is 28.2 Å². The maximum Gasteiger partial charge on any atom is 0.133 e. The average molecular weight is 289 g/mol. The highest BCUT2D eigenvalue weighted by atomic mass is 15.0. The quantitative estimate of drug-likeness (QED) is 0.757. The third-order valence-corrected chi connectivity index (χ3v) is 3.65. The van der Waals surface area contributed by atoms with Crippen molar-refractivity contribution in [3.05, 3.63) is 89.6 Å². The second-order valence-electron chi connectivity index (χ2n) is 5.31. The summed E-state index contributed by atoms with van der Waals surface area (Å²) < 4.78 is 0. The average Bonchev–Trinajstić information content (AvgIpc) is 2.58. The lowest BCUT2D eigenvalue weighted by molar-refractivity contribution is 0.861. The Morgan fingerprint density at radius 2 is 1.55 bits per heavy atom. The minimum absolute atomic E-state index is 0.154. The van der Waals surface area contributed by atoms with Gasteiger partial charge in [0, 0.05) is 11.9 Å². The summed E-state index contributed by atoms with van der Waals surface area (Å²) in [5.74, 6) is 0.857. The van der Waals surface area contributed by atoms with Crippen molar-refractivity contribution in [3.8, 4) is 0 Å². The molecular weight excluding hydrogens is 270 g/mol. The first-order valence-corrected chi connectivity index (χ1v) is 7.33. The Labute approximate surface area is 130 Å². The lowest BCUT2D eigenvalue weighted by Gasteiger charge is -2.15. The number of nitrogens with two attached hydrogens (primary N) is 1. The van der Waals surface area contributed by atoms with Gasteiger partial charge in [0.2, 0.25) is 0 Å². The second-order valence-corrected chi connectivity index (χ2v) is 5.31. The van der Waals surface area contributed by atoms with Crippen LogP contribution in [0.25, 0.3) is 0 Å². The maximum atomic E-state index is 6.33. The highest BCUT2D eigenvalue weighted by Gasteiger charge is 2.11. The van der Waals surface area contributed by atoms with Crippen LogP contribution in [0.1, 0.15) is 22.7 Å². The van der Waals surface area contributed by atoms with Crippen molar-refractivity contribution in [2.45, 2.75) is 13.0 Å². The van der Waals surface area contributed by atoms with Crippen molar-refractivity contribution in [2.24, 2.45) is 5.73 Å². The van der Waals surface area contributed by atoms with Crippen molar-refractivity contribution < 1.29 is 0 Å². The Morgan fingerprint density at radius 3 is 2.18 bits per heavy atom. The largest absolute Gasteiger partial charge is 0.340 e. The monoisotopic (exact) mass is 289 g/mol. The molecule has 0 aliphatic heterocycles. The summed E-state index contributed by atoms with van der Waals surface area (Å²) in [6.07, 6.45) is 1.84. The lowest BCUT2D eigenvalue weighted by Crippen LogP contribution is -2.12. The van der Waals surface area contributed by atoms with E-state index in [0.29, 0.717) is 0 Å². The molecule has 0 unspecified atom stereocenters. The Kier molecular flexibility index (Phi) is 4.17. The number of aromatic nitrogens is 1. The van der Waals surface area contributed by atoms with E-state index in [1.54, 1.807) is 0 Å². The molecule has 3 aromatic rings. The fraction of sp³-hybridized carbons (Fsp3) is 0.105. The maximum absolute atomic E-state index is 6.33. The third-order valence-electron chi connectivity index (χ3n) is 3.65. The van der Waals surface area contributed by atoms with Crippen LogP contribution in [0, 0.1) is 6.92 Å². The Bertz CT molecular complexity index is 739. The first kappa shape index (κ1) is 14.3. The van der Waals surface area contributed by atoms with Crippen LogP contribution in [0.4, 0.5) is 11.5 Å². The summed E-state index contributed by atoms with van der Waals surface area (Å²) in [4.78, 5) is 4.53. The van der Waals surface area contributed by atoms with Gasteiger partial charge in [-0.2, -0.15) is 0 Å². The van der Waals surface area contributed by atoms with Crippen molar-refractivity contribution in [1.29, 1.82) is 0 Å². The standard InChI is InChI=1S/C19H19N3/c1-14-12-16(18(20)15-8-4-2-5-9-15)13-21-19(14)22-17-10-6-3-7-11-17/h2-13,18H,20H2,1H3,(H,21,22)/t18-/m1/s1. The molecule has 0 saturated heterocycles. The fourth-order valence-electron chi connectivity index (χ4n) is 2.41. The molecule has 3 N–H and O–H groups in total. The highest BCUT2D eigenvalue weighted by Crippen LogP contribution is 2.24. The van der Waals surface area contributed by atoms with Gasteiger partial charge in [0.05, 0.1) is 6.04 Å². The van der Waals surface area contributed by atoms with Crippen molar-refractivity contribution >= 4 is 11.5 Å². The zero-order valence-corrected chi connectivity index (χ0v) is 12.5. The summed E-state index contributed by atoms with van der Waals surface area (Å²) in [5, 5.41) is 3.33. The van der Waals surface area contributed by atoms with Crippen LogP contribution in [0.3, 0.4) is 0 Å². The molecule has 1 aromatic heterocycles. The predicted molar refractivity (Wildman–Crippen MR) is 91.2 cm³/mol. The lowest BCUT2D eigenvalue weighted by atomic mass is 10.00. The molecule has 0 saturated carbocycles. The summed E-state index contributed by atoms with van der Waals surface area (Å²) in [7, 11) is 0. The van der Waals surface area contributed by atoms with Gasteiger partial charge >= 0.3 is 0 Å². The van der Waals surface area contributed by atoms with Gasteiger partial charge in [-0.05, 0) is 41.8 Å². The van der Waals surface area contributed by atoms with Crippen LogP contribution < -0.4 is 11.1 Å². The Hall–Kier alpha value is -2.65. The van der Waals surface area contributed by atoms with Crippen molar-refractivity contribution in [1.82, 2.24) is 4.98 Å². The third kappa shape index (κ3) is 3.15. The van der Waals surface area contributed by atoms with Crippen LogP contribution in [-0.4, -0.2) is 4.98 Å². The molecule has 1 heterocycles. The molecular formula is C19H19N3. The highest BCUT2D eigenvalue weighted by molar-refractivity contribution is 5.59. The number of anilines is 2. The van der Waals surface area contributed by atoms with E-state index >= 15 is 0 Å². The minimum Gasteiger partial charge on any atom is -0.340 e. The fourth-order valence-corrected chi connectivity index (χ4v) is 2.41. The molecule has 0 aliphatic rings. The number of hydrogen-bond donors (Lipinski definition) is 2. The molecule has 110 valence electrons. The first-order valence-electron chi connectivity index (χ1n) is 7.33. The molecule has 0 spiro atoms. The van der Waals surface area contributed by atoms with Gasteiger partial charge in [0.1, 0.15) is 5.82 Å². The number of nitrogens with zero attached hydrogens (tertiary/aromatic N) is 1. The van der Waals surface area contributed by atoms with E-state index in [9.17, 15) is 0 Å². The van der Waals surface area contributed by atoms with Gasteiger partial charge in [-0.3, -0.25) is 0 Å². The molecule has 0 fully saturated rings. The van der Waals surface area contributed by atoms with E-state index < -0.39 is 0 Å². The van der Waals surface area contributed by atoms with Gasteiger partial charge < -0.3 is 11.1 Å². The number of aryl methyl sites for hydroxylation is 1. The van der Waals surface area contributed by atoms with Crippen LogP contribution in [0.2, 0.25) is 0 Å². The van der Waals surface area contributed by atoms with Crippen molar-refractivity contribution in [3.63, 3.8) is 0 Å². The molecule has 3 rings (SSSR count). The topological polar surface area (TPSA) is 50.9 Å².